The zero-order valence-corrected chi connectivity index (χ0v) is 13.3. The van der Waals surface area contributed by atoms with E-state index in [1.54, 1.807) is 0 Å². The molecule has 1 nitrogen and oxygen atoms in total. The maximum atomic E-state index is 5.52. The van der Waals surface area contributed by atoms with E-state index in [1.165, 1.54) is 5.56 Å². The number of allylic oxidation sites excluding steroid dienone is 4. The summed E-state index contributed by atoms with van der Waals surface area (Å²) in [5.74, 6) is 0.868. The fraction of sp³-hybridized carbons (Fsp3) is 0.143. The highest BCUT2D eigenvalue weighted by Gasteiger charge is 1.99. The van der Waals surface area contributed by atoms with Gasteiger partial charge in [-0.15, -0.1) is 0 Å². The molecule has 112 valence electrons. The van der Waals surface area contributed by atoms with Gasteiger partial charge in [-0.1, -0.05) is 67.3 Å². The van der Waals surface area contributed by atoms with Gasteiger partial charge in [0.1, 0.15) is 5.75 Å². The Morgan fingerprint density at radius 3 is 2.23 bits per heavy atom. The van der Waals surface area contributed by atoms with Crippen LogP contribution in [0.5, 0.6) is 5.75 Å². The van der Waals surface area contributed by atoms with E-state index in [0.717, 1.165) is 28.0 Å². The van der Waals surface area contributed by atoms with Crippen LogP contribution in [0.4, 0.5) is 0 Å². The number of benzene rings is 2. The third kappa shape index (κ3) is 4.23. The summed E-state index contributed by atoms with van der Waals surface area (Å²) in [7, 11) is 0. The average molecular weight is 290 g/mol. The first kappa shape index (κ1) is 15.8. The fourth-order valence-corrected chi connectivity index (χ4v) is 2.11. The number of aryl methyl sites for hydroxylation is 1. The van der Waals surface area contributed by atoms with Crippen molar-refractivity contribution < 1.29 is 4.74 Å². The van der Waals surface area contributed by atoms with E-state index in [4.69, 9.17) is 4.74 Å². The van der Waals surface area contributed by atoms with Gasteiger partial charge in [-0.3, -0.25) is 0 Å². The van der Waals surface area contributed by atoms with Crippen molar-refractivity contribution in [2.75, 3.05) is 6.61 Å². The van der Waals surface area contributed by atoms with Gasteiger partial charge in [-0.2, -0.15) is 0 Å². The van der Waals surface area contributed by atoms with Gasteiger partial charge in [-0.05, 0) is 48.3 Å². The molecule has 0 bridgehead atoms. The largest absolute Gasteiger partial charge is 0.494 e. The summed E-state index contributed by atoms with van der Waals surface area (Å²) in [6.45, 7) is 13.0. The summed E-state index contributed by atoms with van der Waals surface area (Å²) in [5, 5.41) is 0. The number of ether oxygens (including phenoxy) is 1. The normalized spacial score (nSPS) is 10.6. The monoisotopic (exact) mass is 290 g/mol. The SMILES string of the molecule is C=C(/C=C\C(=C)c1cccc(OCC)c1)c1ccc(C)cc1. The molecule has 0 radical (unpaired) electrons. The lowest BCUT2D eigenvalue weighted by Gasteiger charge is -2.06. The van der Waals surface area contributed by atoms with E-state index in [-0.39, 0.29) is 0 Å². The third-order valence-corrected chi connectivity index (χ3v) is 3.42. The van der Waals surface area contributed by atoms with Crippen molar-refractivity contribution in [3.8, 4) is 5.75 Å². The number of hydrogen-bond acceptors (Lipinski definition) is 1. The van der Waals surface area contributed by atoms with E-state index in [1.807, 2.05) is 43.3 Å². The molecule has 1 heteroatoms. The molecule has 2 aromatic carbocycles. The quantitative estimate of drug-likeness (QED) is 0.622. The van der Waals surface area contributed by atoms with Crippen molar-refractivity contribution in [1.29, 1.82) is 0 Å². The minimum atomic E-state index is 0.663. The average Bonchev–Trinajstić information content (AvgIpc) is 2.53. The highest BCUT2D eigenvalue weighted by molar-refractivity contribution is 5.79. The zero-order chi connectivity index (χ0) is 15.9. The Balaban J connectivity index is 2.09. The highest BCUT2D eigenvalue weighted by Crippen LogP contribution is 2.22. The number of hydrogen-bond donors (Lipinski definition) is 0. The van der Waals surface area contributed by atoms with Crippen molar-refractivity contribution in [3.63, 3.8) is 0 Å². The van der Waals surface area contributed by atoms with Crippen LogP contribution in [0.2, 0.25) is 0 Å². The Labute approximate surface area is 133 Å². The maximum Gasteiger partial charge on any atom is 0.119 e. The lowest BCUT2D eigenvalue weighted by molar-refractivity contribution is 0.340. The molecule has 0 heterocycles. The molecule has 0 fully saturated rings. The predicted octanol–water partition coefficient (Wildman–Crippen LogP) is 5.68. The predicted molar refractivity (Wildman–Crippen MR) is 96.0 cm³/mol. The zero-order valence-electron chi connectivity index (χ0n) is 13.3. The van der Waals surface area contributed by atoms with Crippen molar-refractivity contribution in [1.82, 2.24) is 0 Å². The molecular formula is C21H22O. The summed E-state index contributed by atoms with van der Waals surface area (Å²) < 4.78 is 5.52. The number of rotatable bonds is 6. The van der Waals surface area contributed by atoms with Crippen LogP contribution in [-0.2, 0) is 0 Å². The molecule has 22 heavy (non-hydrogen) atoms. The van der Waals surface area contributed by atoms with Gasteiger partial charge >= 0.3 is 0 Å². The van der Waals surface area contributed by atoms with Crippen molar-refractivity contribution in [2.24, 2.45) is 0 Å². The van der Waals surface area contributed by atoms with E-state index < -0.39 is 0 Å². The Morgan fingerprint density at radius 1 is 0.955 bits per heavy atom. The molecule has 0 amide bonds. The van der Waals surface area contributed by atoms with Crippen LogP contribution in [0.15, 0.2) is 73.8 Å². The molecule has 0 aliphatic heterocycles. The maximum absolute atomic E-state index is 5.52. The molecule has 0 N–H and O–H groups in total. The van der Waals surface area contributed by atoms with E-state index in [0.29, 0.717) is 6.61 Å². The van der Waals surface area contributed by atoms with E-state index >= 15 is 0 Å². The third-order valence-electron chi connectivity index (χ3n) is 3.42. The van der Waals surface area contributed by atoms with Crippen molar-refractivity contribution >= 4 is 11.1 Å². The Hall–Kier alpha value is -2.54. The van der Waals surface area contributed by atoms with E-state index in [2.05, 4.69) is 44.3 Å². The van der Waals surface area contributed by atoms with Gasteiger partial charge in [0.15, 0.2) is 0 Å². The lowest BCUT2D eigenvalue weighted by atomic mass is 10.0. The van der Waals surface area contributed by atoms with Gasteiger partial charge in [-0.25, -0.2) is 0 Å². The molecule has 0 aliphatic rings. The van der Waals surface area contributed by atoms with Gasteiger partial charge in [0, 0.05) is 0 Å². The van der Waals surface area contributed by atoms with Gasteiger partial charge in [0.25, 0.3) is 0 Å². The van der Waals surface area contributed by atoms with Crippen LogP contribution >= 0.6 is 0 Å². The summed E-state index contributed by atoms with van der Waals surface area (Å²) in [5.41, 5.74) is 5.34. The molecular weight excluding hydrogens is 268 g/mol. The summed E-state index contributed by atoms with van der Waals surface area (Å²) in [6, 6.07) is 16.3. The molecule has 2 rings (SSSR count). The van der Waals surface area contributed by atoms with Crippen LogP contribution in [0.1, 0.15) is 23.6 Å². The van der Waals surface area contributed by atoms with Gasteiger partial charge < -0.3 is 4.74 Å². The minimum Gasteiger partial charge on any atom is -0.494 e. The first-order valence-corrected chi connectivity index (χ1v) is 7.46. The minimum absolute atomic E-state index is 0.663. The summed E-state index contributed by atoms with van der Waals surface area (Å²) >= 11 is 0. The topological polar surface area (TPSA) is 9.23 Å². The molecule has 0 atom stereocenters. The second kappa shape index (κ2) is 7.46. The highest BCUT2D eigenvalue weighted by atomic mass is 16.5. The standard InChI is InChI=1S/C21H22O/c1-5-22-21-8-6-7-20(15-21)18(4)12-11-17(3)19-13-9-16(2)10-14-19/h6-15H,3-5H2,1-2H3/b12-11-. The first-order chi connectivity index (χ1) is 10.6. The Bertz CT molecular complexity index is 690. The fourth-order valence-electron chi connectivity index (χ4n) is 2.11. The van der Waals surface area contributed by atoms with Gasteiger partial charge in [0.05, 0.1) is 6.61 Å². The molecule has 0 saturated carbocycles. The van der Waals surface area contributed by atoms with Crippen LogP contribution in [0.3, 0.4) is 0 Å². The Kier molecular flexibility index (Phi) is 5.37. The summed E-state index contributed by atoms with van der Waals surface area (Å²) in [4.78, 5) is 0. The molecule has 0 aliphatic carbocycles. The lowest BCUT2D eigenvalue weighted by Crippen LogP contribution is -1.91. The van der Waals surface area contributed by atoms with Crippen LogP contribution < -0.4 is 4.74 Å². The van der Waals surface area contributed by atoms with Crippen molar-refractivity contribution in [3.05, 3.63) is 90.5 Å². The van der Waals surface area contributed by atoms with Crippen LogP contribution in [0.25, 0.3) is 11.1 Å². The molecule has 0 spiro atoms. The van der Waals surface area contributed by atoms with Crippen LogP contribution in [-0.4, -0.2) is 6.61 Å². The molecule has 0 saturated heterocycles. The molecule has 2 aromatic rings. The van der Waals surface area contributed by atoms with Crippen molar-refractivity contribution in [2.45, 2.75) is 13.8 Å². The van der Waals surface area contributed by atoms with Gasteiger partial charge in [0.2, 0.25) is 0 Å². The molecule has 0 aromatic heterocycles. The second-order valence-electron chi connectivity index (χ2n) is 5.21. The Morgan fingerprint density at radius 2 is 1.59 bits per heavy atom. The smallest absolute Gasteiger partial charge is 0.119 e. The first-order valence-electron chi connectivity index (χ1n) is 7.46. The second-order valence-corrected chi connectivity index (χ2v) is 5.21. The summed E-state index contributed by atoms with van der Waals surface area (Å²) in [6.07, 6.45) is 3.99. The van der Waals surface area contributed by atoms with E-state index in [9.17, 15) is 0 Å². The molecule has 0 unspecified atom stereocenters. The van der Waals surface area contributed by atoms with Crippen LogP contribution in [0, 0.1) is 6.92 Å².